The van der Waals surface area contributed by atoms with Gasteiger partial charge in [0.2, 0.25) is 0 Å². The lowest BCUT2D eigenvalue weighted by atomic mass is 9.81. The molecule has 0 amide bonds. The number of carboxylic acids is 1. The van der Waals surface area contributed by atoms with Gasteiger partial charge in [-0.15, -0.1) is 0 Å². The van der Waals surface area contributed by atoms with Gasteiger partial charge >= 0.3 is 5.97 Å². The van der Waals surface area contributed by atoms with E-state index in [1.54, 1.807) is 11.5 Å². The molecule has 2 aromatic carbocycles. The predicted octanol–water partition coefficient (Wildman–Crippen LogP) is 4.95. The minimum Gasteiger partial charge on any atom is -0.478 e. The van der Waals surface area contributed by atoms with Gasteiger partial charge in [-0.25, -0.2) is 18.6 Å². The minimum absolute atomic E-state index is 0.0636. The van der Waals surface area contributed by atoms with Crippen molar-refractivity contribution < 1.29 is 23.4 Å². The van der Waals surface area contributed by atoms with Gasteiger partial charge in [0.05, 0.1) is 22.5 Å². The first kappa shape index (κ1) is 23.4. The normalized spacial score (nSPS) is 18.4. The maximum atomic E-state index is 14.8. The number of fused-ring (bicyclic) bond motifs is 1. The number of halogens is 2. The van der Waals surface area contributed by atoms with Crippen molar-refractivity contribution >= 4 is 22.6 Å². The Labute approximate surface area is 200 Å². The molecule has 0 spiro atoms. The van der Waals surface area contributed by atoms with Crippen LogP contribution in [0.1, 0.15) is 73.4 Å². The lowest BCUT2D eigenvalue weighted by Crippen LogP contribution is -2.38. The maximum absolute atomic E-state index is 14.8. The van der Waals surface area contributed by atoms with Crippen LogP contribution in [0.25, 0.3) is 10.9 Å². The Hall–Kier alpha value is -3.33. The van der Waals surface area contributed by atoms with E-state index in [-0.39, 0.29) is 33.7 Å². The Morgan fingerprint density at radius 1 is 1.20 bits per heavy atom. The molecule has 35 heavy (non-hydrogen) atoms. The zero-order valence-corrected chi connectivity index (χ0v) is 19.6. The number of carboxylic acid groups (broad SMARTS) is 1. The standard InChI is InChI=1S/C26H27F2N3O4/c1-14(29-21-6-3-15(27)11-19(21)24(33)34)18-12-16(28)13-20-22(18)30-25(26(2)7-9-35-10-8-26)31(23(20)32)17-4-5-17/h3,6,11-14,17,29H,4-5,7-10H2,1-2H3,(H,33,34)/t14-/m1/s1. The first-order chi connectivity index (χ1) is 16.7. The van der Waals surface area contributed by atoms with Gasteiger partial charge in [0.25, 0.3) is 5.56 Å². The van der Waals surface area contributed by atoms with Gasteiger partial charge in [0, 0.05) is 35.9 Å². The van der Waals surface area contributed by atoms with Crippen LogP contribution in [0.4, 0.5) is 14.5 Å². The van der Waals surface area contributed by atoms with Crippen LogP contribution in [-0.2, 0) is 10.2 Å². The fourth-order valence-corrected chi connectivity index (χ4v) is 4.90. The van der Waals surface area contributed by atoms with Crippen molar-refractivity contribution in [2.45, 2.75) is 57.0 Å². The summed E-state index contributed by atoms with van der Waals surface area (Å²) in [5, 5.41) is 12.7. The monoisotopic (exact) mass is 483 g/mol. The summed E-state index contributed by atoms with van der Waals surface area (Å²) in [6.45, 7) is 4.97. The number of aromatic carboxylic acids is 1. The SMILES string of the molecule is C[C@@H](Nc1ccc(F)cc1C(=O)O)c1cc(F)cc2c(=O)n(C3CC3)c(C3(C)CCOCC3)nc12. The van der Waals surface area contributed by atoms with Gasteiger partial charge in [0.15, 0.2) is 0 Å². The van der Waals surface area contributed by atoms with E-state index in [0.29, 0.717) is 30.1 Å². The van der Waals surface area contributed by atoms with Crippen molar-refractivity contribution in [1.82, 2.24) is 9.55 Å². The molecular formula is C26H27F2N3O4. The molecule has 1 saturated heterocycles. The summed E-state index contributed by atoms with van der Waals surface area (Å²) < 4.78 is 35.7. The Bertz CT molecular complexity index is 1380. The molecule has 1 saturated carbocycles. The number of nitrogens with one attached hydrogen (secondary N) is 1. The van der Waals surface area contributed by atoms with Gasteiger partial charge in [-0.2, -0.15) is 0 Å². The second-order valence-electron chi connectivity index (χ2n) is 9.77. The molecule has 0 radical (unpaired) electrons. The number of benzene rings is 2. The number of carbonyl (C=O) groups is 1. The van der Waals surface area contributed by atoms with E-state index in [0.717, 1.165) is 37.8 Å². The molecule has 1 aliphatic carbocycles. The smallest absolute Gasteiger partial charge is 0.337 e. The summed E-state index contributed by atoms with van der Waals surface area (Å²) in [5.41, 5.74) is 0.141. The number of anilines is 1. The highest BCUT2D eigenvalue weighted by Gasteiger charge is 2.39. The Morgan fingerprint density at radius 2 is 1.91 bits per heavy atom. The Kier molecular flexibility index (Phi) is 5.83. The quantitative estimate of drug-likeness (QED) is 0.515. The highest BCUT2D eigenvalue weighted by Crippen LogP contribution is 2.41. The van der Waals surface area contributed by atoms with E-state index in [9.17, 15) is 23.5 Å². The topological polar surface area (TPSA) is 93.5 Å². The molecule has 3 aromatic rings. The van der Waals surface area contributed by atoms with Crippen molar-refractivity contribution in [3.63, 3.8) is 0 Å². The van der Waals surface area contributed by atoms with E-state index in [4.69, 9.17) is 9.72 Å². The summed E-state index contributed by atoms with van der Waals surface area (Å²) in [6.07, 6.45) is 3.21. The van der Waals surface area contributed by atoms with Crippen molar-refractivity contribution in [2.24, 2.45) is 0 Å². The molecule has 2 aliphatic rings. The number of nitrogens with zero attached hydrogens (tertiary/aromatic N) is 2. The number of rotatable bonds is 6. The lowest BCUT2D eigenvalue weighted by Gasteiger charge is -2.35. The Balaban J connectivity index is 1.67. The van der Waals surface area contributed by atoms with Crippen LogP contribution in [0.5, 0.6) is 0 Å². The average molecular weight is 484 g/mol. The van der Waals surface area contributed by atoms with Gasteiger partial charge < -0.3 is 15.2 Å². The van der Waals surface area contributed by atoms with Crippen molar-refractivity contribution in [2.75, 3.05) is 18.5 Å². The van der Waals surface area contributed by atoms with E-state index < -0.39 is 23.6 Å². The van der Waals surface area contributed by atoms with E-state index in [2.05, 4.69) is 12.2 Å². The van der Waals surface area contributed by atoms with Crippen LogP contribution < -0.4 is 10.9 Å². The molecule has 5 rings (SSSR count). The molecule has 1 atom stereocenters. The molecule has 0 bridgehead atoms. The van der Waals surface area contributed by atoms with Gasteiger partial charge in [0.1, 0.15) is 17.5 Å². The van der Waals surface area contributed by atoms with Crippen molar-refractivity contribution in [1.29, 1.82) is 0 Å². The van der Waals surface area contributed by atoms with Gasteiger partial charge in [-0.3, -0.25) is 9.36 Å². The van der Waals surface area contributed by atoms with Crippen LogP contribution in [0.15, 0.2) is 35.1 Å². The van der Waals surface area contributed by atoms with E-state index in [1.807, 2.05) is 0 Å². The number of hydrogen-bond acceptors (Lipinski definition) is 5. The first-order valence-corrected chi connectivity index (χ1v) is 11.8. The number of hydrogen-bond donors (Lipinski definition) is 2. The minimum atomic E-state index is -1.29. The molecule has 2 fully saturated rings. The molecule has 9 heteroatoms. The third-order valence-electron chi connectivity index (χ3n) is 7.10. The molecule has 1 aromatic heterocycles. The lowest BCUT2D eigenvalue weighted by molar-refractivity contribution is 0.0518. The highest BCUT2D eigenvalue weighted by molar-refractivity contribution is 5.94. The van der Waals surface area contributed by atoms with Crippen LogP contribution in [0.3, 0.4) is 0 Å². The zero-order chi connectivity index (χ0) is 24.9. The zero-order valence-electron chi connectivity index (χ0n) is 19.6. The molecule has 2 N–H and O–H groups in total. The van der Waals surface area contributed by atoms with Crippen LogP contribution in [-0.4, -0.2) is 33.8 Å². The maximum Gasteiger partial charge on any atom is 0.337 e. The average Bonchev–Trinajstić information content (AvgIpc) is 3.65. The third-order valence-corrected chi connectivity index (χ3v) is 7.10. The summed E-state index contributed by atoms with van der Waals surface area (Å²) in [5.74, 6) is -1.85. The number of ether oxygens (including phenoxy) is 1. The van der Waals surface area contributed by atoms with Crippen LogP contribution in [0.2, 0.25) is 0 Å². The van der Waals surface area contributed by atoms with Crippen LogP contribution in [0, 0.1) is 11.6 Å². The summed E-state index contributed by atoms with van der Waals surface area (Å²) in [4.78, 5) is 30.3. The largest absolute Gasteiger partial charge is 0.478 e. The molecule has 1 aliphatic heterocycles. The second kappa shape index (κ2) is 8.71. The first-order valence-electron chi connectivity index (χ1n) is 11.8. The molecule has 2 heterocycles. The molecule has 0 unspecified atom stereocenters. The number of aromatic nitrogens is 2. The third kappa shape index (κ3) is 4.29. The second-order valence-corrected chi connectivity index (χ2v) is 9.77. The van der Waals surface area contributed by atoms with Crippen LogP contribution >= 0.6 is 0 Å². The summed E-state index contributed by atoms with van der Waals surface area (Å²) >= 11 is 0. The van der Waals surface area contributed by atoms with E-state index >= 15 is 0 Å². The Morgan fingerprint density at radius 3 is 2.57 bits per heavy atom. The fourth-order valence-electron chi connectivity index (χ4n) is 4.90. The van der Waals surface area contributed by atoms with E-state index in [1.165, 1.54) is 18.2 Å². The van der Waals surface area contributed by atoms with Crippen molar-refractivity contribution in [3.8, 4) is 0 Å². The van der Waals surface area contributed by atoms with Gasteiger partial charge in [-0.1, -0.05) is 6.92 Å². The van der Waals surface area contributed by atoms with Gasteiger partial charge in [-0.05, 0) is 62.9 Å². The highest BCUT2D eigenvalue weighted by atomic mass is 19.1. The van der Waals surface area contributed by atoms with Crippen molar-refractivity contribution in [3.05, 3.63) is 69.3 Å². The fraction of sp³-hybridized carbons (Fsp3) is 0.423. The summed E-state index contributed by atoms with van der Waals surface area (Å²) in [6, 6.07) is 5.40. The molecule has 7 nitrogen and oxygen atoms in total. The predicted molar refractivity (Wildman–Crippen MR) is 127 cm³/mol. The molecule has 184 valence electrons. The summed E-state index contributed by atoms with van der Waals surface area (Å²) in [7, 11) is 0. The molecular weight excluding hydrogens is 456 g/mol.